The molecule has 0 unspecified atom stereocenters. The normalized spacial score (nSPS) is 14.8. The lowest BCUT2D eigenvalue weighted by molar-refractivity contribution is -0.137. The number of carbonyl (C=O) groups is 1. The van der Waals surface area contributed by atoms with Crippen molar-refractivity contribution in [1.82, 2.24) is 4.90 Å². The van der Waals surface area contributed by atoms with Gasteiger partial charge in [-0.05, 0) is 61.2 Å². The largest absolute Gasteiger partial charge is 0.508 e. The molecule has 3 rings (SSSR count). The predicted molar refractivity (Wildman–Crippen MR) is 87.1 cm³/mol. The first-order chi connectivity index (χ1) is 11.8. The lowest BCUT2D eigenvalue weighted by atomic mass is 9.90. The predicted octanol–water partition coefficient (Wildman–Crippen LogP) is 4.61. The number of halogens is 3. The maximum Gasteiger partial charge on any atom is 0.416 e. The molecule has 0 heterocycles. The van der Waals surface area contributed by atoms with Crippen LogP contribution in [0.4, 0.5) is 13.2 Å². The highest BCUT2D eigenvalue weighted by Crippen LogP contribution is 2.31. The molecule has 1 N–H and O–H groups in total. The minimum atomic E-state index is -4.42. The zero-order valence-electron chi connectivity index (χ0n) is 13.5. The quantitative estimate of drug-likeness (QED) is 0.876. The number of hydrogen-bond donors (Lipinski definition) is 1. The van der Waals surface area contributed by atoms with E-state index in [0.29, 0.717) is 6.54 Å². The molecular formula is C19H18F3NO2. The van der Waals surface area contributed by atoms with Gasteiger partial charge in [-0.25, -0.2) is 0 Å². The molecular weight excluding hydrogens is 331 g/mol. The number of benzene rings is 2. The van der Waals surface area contributed by atoms with Crippen LogP contribution in [-0.2, 0) is 12.7 Å². The monoisotopic (exact) mass is 349 g/mol. The Labute approximate surface area is 143 Å². The van der Waals surface area contributed by atoms with Crippen LogP contribution in [0, 0.1) is 0 Å². The highest BCUT2D eigenvalue weighted by molar-refractivity contribution is 5.94. The third-order valence-corrected chi connectivity index (χ3v) is 4.52. The lowest BCUT2D eigenvalue weighted by Crippen LogP contribution is -2.43. The van der Waals surface area contributed by atoms with Gasteiger partial charge in [0, 0.05) is 18.2 Å². The molecule has 0 radical (unpaired) electrons. The van der Waals surface area contributed by atoms with Gasteiger partial charge in [-0.3, -0.25) is 4.79 Å². The summed E-state index contributed by atoms with van der Waals surface area (Å²) in [6.45, 7) is 0.366. The Bertz CT molecular complexity index is 735. The van der Waals surface area contributed by atoms with E-state index >= 15 is 0 Å². The average molecular weight is 349 g/mol. The van der Waals surface area contributed by atoms with Crippen molar-refractivity contribution >= 4 is 5.91 Å². The van der Waals surface area contributed by atoms with Crippen LogP contribution in [0.2, 0.25) is 0 Å². The van der Waals surface area contributed by atoms with Crippen LogP contribution in [0.5, 0.6) is 5.75 Å². The summed E-state index contributed by atoms with van der Waals surface area (Å²) < 4.78 is 38.0. The molecule has 0 aliphatic heterocycles. The summed E-state index contributed by atoms with van der Waals surface area (Å²) >= 11 is 0. The van der Waals surface area contributed by atoms with Gasteiger partial charge in [-0.15, -0.1) is 0 Å². The van der Waals surface area contributed by atoms with Gasteiger partial charge in [0.15, 0.2) is 0 Å². The van der Waals surface area contributed by atoms with Gasteiger partial charge in [0.2, 0.25) is 0 Å². The molecule has 0 atom stereocenters. The Kier molecular flexibility index (Phi) is 4.70. The second-order valence-corrected chi connectivity index (χ2v) is 6.26. The van der Waals surface area contributed by atoms with Gasteiger partial charge < -0.3 is 10.0 Å². The Hall–Kier alpha value is -2.50. The number of hydrogen-bond acceptors (Lipinski definition) is 2. The molecule has 1 aliphatic carbocycles. The van der Waals surface area contributed by atoms with Crippen LogP contribution < -0.4 is 0 Å². The van der Waals surface area contributed by atoms with Gasteiger partial charge in [0.25, 0.3) is 5.91 Å². The number of nitrogens with zero attached hydrogens (tertiary/aromatic N) is 1. The molecule has 6 heteroatoms. The van der Waals surface area contributed by atoms with Gasteiger partial charge in [-0.1, -0.05) is 12.1 Å². The van der Waals surface area contributed by atoms with Gasteiger partial charge in [0.05, 0.1) is 5.56 Å². The van der Waals surface area contributed by atoms with Crippen LogP contribution in [0.15, 0.2) is 48.5 Å². The fraction of sp³-hybridized carbons (Fsp3) is 0.316. The first-order valence-corrected chi connectivity index (χ1v) is 8.11. The maximum absolute atomic E-state index is 12.8. The molecule has 0 aromatic heterocycles. The number of alkyl halides is 3. The molecule has 2 aromatic carbocycles. The van der Waals surface area contributed by atoms with E-state index in [1.807, 2.05) is 0 Å². The van der Waals surface area contributed by atoms with E-state index in [0.717, 1.165) is 37.0 Å². The summed E-state index contributed by atoms with van der Waals surface area (Å²) in [4.78, 5) is 14.5. The maximum atomic E-state index is 12.8. The molecule has 1 saturated carbocycles. The number of carbonyl (C=O) groups excluding carboxylic acids is 1. The van der Waals surface area contributed by atoms with Crippen molar-refractivity contribution in [2.24, 2.45) is 0 Å². The average Bonchev–Trinajstić information content (AvgIpc) is 2.53. The Morgan fingerprint density at radius 3 is 2.12 bits per heavy atom. The molecule has 0 bridgehead atoms. The van der Waals surface area contributed by atoms with Crippen LogP contribution >= 0.6 is 0 Å². The fourth-order valence-electron chi connectivity index (χ4n) is 2.83. The number of phenolic OH excluding ortho intramolecular Hbond substituents is 1. The topological polar surface area (TPSA) is 40.5 Å². The highest BCUT2D eigenvalue weighted by Gasteiger charge is 2.32. The highest BCUT2D eigenvalue weighted by atomic mass is 19.4. The smallest absolute Gasteiger partial charge is 0.416 e. The third kappa shape index (κ3) is 3.95. The van der Waals surface area contributed by atoms with Gasteiger partial charge in [-0.2, -0.15) is 13.2 Å². The summed E-state index contributed by atoms with van der Waals surface area (Å²) in [5, 5.41) is 9.36. The van der Waals surface area contributed by atoms with E-state index < -0.39 is 11.7 Å². The van der Waals surface area contributed by atoms with Gasteiger partial charge >= 0.3 is 6.18 Å². The summed E-state index contributed by atoms with van der Waals surface area (Å²) in [5.74, 6) is -0.125. The van der Waals surface area contributed by atoms with Crippen molar-refractivity contribution in [3.8, 4) is 5.75 Å². The van der Waals surface area contributed by atoms with Crippen LogP contribution in [0.25, 0.3) is 0 Å². The molecule has 25 heavy (non-hydrogen) atoms. The van der Waals surface area contributed by atoms with Crippen molar-refractivity contribution in [2.75, 3.05) is 0 Å². The lowest BCUT2D eigenvalue weighted by Gasteiger charge is -2.37. The van der Waals surface area contributed by atoms with Crippen molar-refractivity contribution < 1.29 is 23.1 Å². The fourth-order valence-corrected chi connectivity index (χ4v) is 2.83. The van der Waals surface area contributed by atoms with Crippen LogP contribution in [-0.4, -0.2) is 22.0 Å². The van der Waals surface area contributed by atoms with Crippen molar-refractivity contribution in [2.45, 2.75) is 38.0 Å². The summed E-state index contributed by atoms with van der Waals surface area (Å²) in [7, 11) is 0. The zero-order chi connectivity index (χ0) is 18.0. The van der Waals surface area contributed by atoms with E-state index in [4.69, 9.17) is 0 Å². The number of phenols is 1. The van der Waals surface area contributed by atoms with Crippen molar-refractivity contribution in [1.29, 1.82) is 0 Å². The molecule has 132 valence electrons. The van der Waals surface area contributed by atoms with Crippen molar-refractivity contribution in [3.05, 3.63) is 65.2 Å². The van der Waals surface area contributed by atoms with Crippen LogP contribution in [0.1, 0.15) is 40.7 Å². The summed E-state index contributed by atoms with van der Waals surface area (Å²) in [6, 6.07) is 11.0. The molecule has 0 saturated heterocycles. The number of amides is 1. The first kappa shape index (κ1) is 17.3. The first-order valence-electron chi connectivity index (χ1n) is 8.11. The van der Waals surface area contributed by atoms with E-state index in [9.17, 15) is 23.1 Å². The Morgan fingerprint density at radius 1 is 1.04 bits per heavy atom. The van der Waals surface area contributed by atoms with E-state index in [1.165, 1.54) is 12.1 Å². The standard InChI is InChI=1S/C19H18F3NO2/c20-19(21,22)15-8-6-14(7-9-15)18(25)23(16-2-1-3-16)12-13-4-10-17(24)11-5-13/h4-11,16,24H,1-3,12H2. The minimum Gasteiger partial charge on any atom is -0.508 e. The zero-order valence-corrected chi connectivity index (χ0v) is 13.5. The SMILES string of the molecule is O=C(c1ccc(C(F)(F)F)cc1)N(Cc1ccc(O)cc1)C1CCC1. The molecule has 1 aliphatic rings. The molecule has 2 aromatic rings. The summed E-state index contributed by atoms with van der Waals surface area (Å²) in [6.07, 6.45) is -1.59. The van der Waals surface area contributed by atoms with E-state index in [-0.39, 0.29) is 23.3 Å². The molecule has 3 nitrogen and oxygen atoms in total. The Balaban J connectivity index is 1.80. The van der Waals surface area contributed by atoms with Gasteiger partial charge in [0.1, 0.15) is 5.75 Å². The van der Waals surface area contributed by atoms with E-state index in [1.54, 1.807) is 29.2 Å². The molecule has 1 amide bonds. The van der Waals surface area contributed by atoms with Crippen molar-refractivity contribution in [3.63, 3.8) is 0 Å². The third-order valence-electron chi connectivity index (χ3n) is 4.52. The summed E-state index contributed by atoms with van der Waals surface area (Å²) in [5.41, 5.74) is 0.349. The number of rotatable bonds is 4. The molecule has 1 fully saturated rings. The van der Waals surface area contributed by atoms with E-state index in [2.05, 4.69) is 0 Å². The second kappa shape index (κ2) is 6.78. The molecule has 0 spiro atoms. The Morgan fingerprint density at radius 2 is 1.64 bits per heavy atom. The second-order valence-electron chi connectivity index (χ2n) is 6.26. The minimum absolute atomic E-state index is 0.101. The number of aromatic hydroxyl groups is 1. The van der Waals surface area contributed by atoms with Crippen LogP contribution in [0.3, 0.4) is 0 Å².